The van der Waals surface area contributed by atoms with Crippen LogP contribution < -0.4 is 10.5 Å². The van der Waals surface area contributed by atoms with Gasteiger partial charge in [0.15, 0.2) is 0 Å². The van der Waals surface area contributed by atoms with Gasteiger partial charge in [0.2, 0.25) is 5.91 Å². The summed E-state index contributed by atoms with van der Waals surface area (Å²) in [7, 11) is 3.20. The van der Waals surface area contributed by atoms with Crippen molar-refractivity contribution in [2.75, 3.05) is 27.4 Å². The van der Waals surface area contributed by atoms with Crippen LogP contribution in [0.3, 0.4) is 0 Å². The monoisotopic (exact) mass is 298 g/mol. The molecular formula is C14H19ClN2O3. The molecule has 2 N–H and O–H groups in total. The predicted octanol–water partition coefficient (Wildman–Crippen LogP) is 1.60. The van der Waals surface area contributed by atoms with Gasteiger partial charge in [-0.3, -0.25) is 4.79 Å². The van der Waals surface area contributed by atoms with E-state index in [-0.39, 0.29) is 18.0 Å². The van der Waals surface area contributed by atoms with E-state index in [1.807, 2.05) is 6.07 Å². The molecule has 1 heterocycles. The van der Waals surface area contributed by atoms with Gasteiger partial charge in [0.25, 0.3) is 0 Å². The van der Waals surface area contributed by atoms with E-state index in [4.69, 9.17) is 26.8 Å². The third-order valence-corrected chi connectivity index (χ3v) is 3.75. The molecule has 2 unspecified atom stereocenters. The van der Waals surface area contributed by atoms with Crippen molar-refractivity contribution < 1.29 is 14.3 Å². The van der Waals surface area contributed by atoms with Crippen molar-refractivity contribution >= 4 is 17.5 Å². The number of carbonyl (C=O) groups is 1. The number of nitrogens with two attached hydrogens (primary N) is 1. The van der Waals surface area contributed by atoms with Crippen LogP contribution in [0.2, 0.25) is 5.02 Å². The Kier molecular flexibility index (Phi) is 4.86. The Balaban J connectivity index is 2.37. The number of halogens is 1. The third-order valence-electron chi connectivity index (χ3n) is 3.52. The summed E-state index contributed by atoms with van der Waals surface area (Å²) in [6.07, 6.45) is 0.323. The van der Waals surface area contributed by atoms with Crippen LogP contribution in [0.4, 0.5) is 0 Å². The standard InChI is InChI=1S/C14H19ClN2O3/c1-19-6-5-17-13(18)8-11(16)14(17)10-7-9(15)3-4-12(10)20-2/h3-4,7,11,14H,5-6,8,16H2,1-2H3. The zero-order valence-electron chi connectivity index (χ0n) is 11.6. The average molecular weight is 299 g/mol. The molecule has 0 bridgehead atoms. The second-order valence-electron chi connectivity index (χ2n) is 4.78. The van der Waals surface area contributed by atoms with E-state index in [0.29, 0.717) is 30.3 Å². The number of nitrogens with zero attached hydrogens (tertiary/aromatic N) is 1. The Bertz CT molecular complexity index is 495. The van der Waals surface area contributed by atoms with Crippen LogP contribution in [0.5, 0.6) is 5.75 Å². The normalized spacial score (nSPS) is 22.4. The number of benzene rings is 1. The molecule has 1 fully saturated rings. The molecule has 0 aromatic heterocycles. The summed E-state index contributed by atoms with van der Waals surface area (Å²) >= 11 is 6.06. The lowest BCUT2D eigenvalue weighted by atomic mass is 9.99. The summed E-state index contributed by atoms with van der Waals surface area (Å²) in [5, 5.41) is 0.596. The molecule has 0 spiro atoms. The summed E-state index contributed by atoms with van der Waals surface area (Å²) in [5.74, 6) is 0.716. The molecule has 20 heavy (non-hydrogen) atoms. The van der Waals surface area contributed by atoms with Gasteiger partial charge in [-0.1, -0.05) is 11.6 Å². The SMILES string of the molecule is COCCN1C(=O)CC(N)C1c1cc(Cl)ccc1OC. The summed E-state index contributed by atoms with van der Waals surface area (Å²) in [4.78, 5) is 13.8. The lowest BCUT2D eigenvalue weighted by Crippen LogP contribution is -2.35. The molecule has 0 radical (unpaired) electrons. The van der Waals surface area contributed by atoms with Gasteiger partial charge in [-0.15, -0.1) is 0 Å². The Hall–Kier alpha value is -1.30. The molecule has 0 aliphatic carbocycles. The summed E-state index contributed by atoms with van der Waals surface area (Å²) in [6, 6.07) is 4.86. The first-order chi connectivity index (χ1) is 9.58. The fourth-order valence-corrected chi connectivity index (χ4v) is 2.79. The van der Waals surface area contributed by atoms with Crippen molar-refractivity contribution in [2.24, 2.45) is 5.73 Å². The topological polar surface area (TPSA) is 64.8 Å². The number of likely N-dealkylation sites (tertiary alicyclic amines) is 1. The van der Waals surface area contributed by atoms with Crippen molar-refractivity contribution in [1.29, 1.82) is 0 Å². The highest BCUT2D eigenvalue weighted by atomic mass is 35.5. The van der Waals surface area contributed by atoms with E-state index < -0.39 is 0 Å². The van der Waals surface area contributed by atoms with Crippen LogP contribution in [0.1, 0.15) is 18.0 Å². The second kappa shape index (κ2) is 6.43. The van der Waals surface area contributed by atoms with E-state index in [1.165, 1.54) is 0 Å². The fourth-order valence-electron chi connectivity index (χ4n) is 2.61. The molecule has 6 heteroatoms. The highest BCUT2D eigenvalue weighted by molar-refractivity contribution is 6.30. The number of carbonyl (C=O) groups excluding carboxylic acids is 1. The molecular weight excluding hydrogens is 280 g/mol. The number of hydrogen-bond donors (Lipinski definition) is 1. The van der Waals surface area contributed by atoms with E-state index in [9.17, 15) is 4.79 Å². The highest BCUT2D eigenvalue weighted by Crippen LogP contribution is 2.38. The van der Waals surface area contributed by atoms with Crippen LogP contribution in [0.25, 0.3) is 0 Å². The van der Waals surface area contributed by atoms with E-state index in [2.05, 4.69) is 0 Å². The molecule has 1 aliphatic rings. The zero-order valence-corrected chi connectivity index (χ0v) is 12.4. The lowest BCUT2D eigenvalue weighted by Gasteiger charge is -2.28. The number of amides is 1. The van der Waals surface area contributed by atoms with Crippen molar-refractivity contribution in [2.45, 2.75) is 18.5 Å². The minimum absolute atomic E-state index is 0.0292. The maximum Gasteiger partial charge on any atom is 0.224 e. The predicted molar refractivity (Wildman–Crippen MR) is 76.9 cm³/mol. The van der Waals surface area contributed by atoms with Crippen molar-refractivity contribution in [3.8, 4) is 5.75 Å². The smallest absolute Gasteiger partial charge is 0.224 e. The largest absolute Gasteiger partial charge is 0.496 e. The van der Waals surface area contributed by atoms with E-state index >= 15 is 0 Å². The van der Waals surface area contributed by atoms with Crippen molar-refractivity contribution in [3.05, 3.63) is 28.8 Å². The van der Waals surface area contributed by atoms with Gasteiger partial charge in [-0.25, -0.2) is 0 Å². The van der Waals surface area contributed by atoms with Crippen LogP contribution in [0, 0.1) is 0 Å². The molecule has 2 atom stereocenters. The van der Waals surface area contributed by atoms with E-state index in [1.54, 1.807) is 31.3 Å². The molecule has 1 aromatic carbocycles. The summed E-state index contributed by atoms with van der Waals surface area (Å²) < 4.78 is 10.4. The molecule has 2 rings (SSSR count). The summed E-state index contributed by atoms with van der Waals surface area (Å²) in [5.41, 5.74) is 6.98. The third kappa shape index (κ3) is 2.90. The lowest BCUT2D eigenvalue weighted by molar-refractivity contribution is -0.129. The average Bonchev–Trinajstić information content (AvgIpc) is 2.70. The van der Waals surface area contributed by atoms with Gasteiger partial charge in [0.1, 0.15) is 5.75 Å². The number of methoxy groups -OCH3 is 2. The first-order valence-electron chi connectivity index (χ1n) is 6.46. The maximum absolute atomic E-state index is 12.1. The molecule has 110 valence electrons. The first kappa shape index (κ1) is 15.1. The molecule has 1 saturated heterocycles. The maximum atomic E-state index is 12.1. The van der Waals surface area contributed by atoms with Gasteiger partial charge in [0.05, 0.1) is 19.8 Å². The van der Waals surface area contributed by atoms with Crippen LogP contribution in [-0.2, 0) is 9.53 Å². The minimum atomic E-state index is -0.272. The second-order valence-corrected chi connectivity index (χ2v) is 5.22. The first-order valence-corrected chi connectivity index (χ1v) is 6.83. The zero-order chi connectivity index (χ0) is 14.7. The quantitative estimate of drug-likeness (QED) is 0.897. The Labute approximate surface area is 123 Å². The van der Waals surface area contributed by atoms with Gasteiger partial charge in [-0.2, -0.15) is 0 Å². The number of rotatable bonds is 5. The Morgan fingerprint density at radius 3 is 2.85 bits per heavy atom. The molecule has 0 saturated carbocycles. The molecule has 1 aromatic rings. The van der Waals surface area contributed by atoms with Gasteiger partial charge in [0, 0.05) is 36.7 Å². The van der Waals surface area contributed by atoms with Crippen molar-refractivity contribution in [3.63, 3.8) is 0 Å². The van der Waals surface area contributed by atoms with E-state index in [0.717, 1.165) is 5.56 Å². The number of hydrogen-bond acceptors (Lipinski definition) is 4. The molecule has 5 nitrogen and oxygen atoms in total. The van der Waals surface area contributed by atoms with Gasteiger partial charge >= 0.3 is 0 Å². The minimum Gasteiger partial charge on any atom is -0.496 e. The highest BCUT2D eigenvalue weighted by Gasteiger charge is 2.39. The Morgan fingerprint density at radius 1 is 1.45 bits per heavy atom. The van der Waals surface area contributed by atoms with Crippen LogP contribution in [0.15, 0.2) is 18.2 Å². The van der Waals surface area contributed by atoms with Gasteiger partial charge in [-0.05, 0) is 18.2 Å². The van der Waals surface area contributed by atoms with Crippen LogP contribution >= 0.6 is 11.6 Å². The molecule has 1 aliphatic heterocycles. The van der Waals surface area contributed by atoms with Crippen LogP contribution in [-0.4, -0.2) is 44.2 Å². The van der Waals surface area contributed by atoms with Crippen molar-refractivity contribution in [1.82, 2.24) is 4.90 Å². The number of ether oxygens (including phenoxy) is 2. The van der Waals surface area contributed by atoms with Gasteiger partial charge < -0.3 is 20.1 Å². The fraction of sp³-hybridized carbons (Fsp3) is 0.500. The summed E-state index contributed by atoms with van der Waals surface area (Å²) in [6.45, 7) is 0.973. The Morgan fingerprint density at radius 2 is 2.20 bits per heavy atom. The molecule has 1 amide bonds.